The summed E-state index contributed by atoms with van der Waals surface area (Å²) >= 11 is 0. The van der Waals surface area contributed by atoms with Gasteiger partial charge in [-0.3, -0.25) is 9.69 Å². The van der Waals surface area contributed by atoms with E-state index in [0.29, 0.717) is 6.54 Å². The second-order valence-electron chi connectivity index (χ2n) is 11.4. The quantitative estimate of drug-likeness (QED) is 0.208. The molecule has 242 valence electrons. The maximum absolute atomic E-state index is 12.1. The van der Waals surface area contributed by atoms with Crippen LogP contribution in [0.4, 0.5) is 4.79 Å². The van der Waals surface area contributed by atoms with Crippen LogP contribution in [-0.2, 0) is 32.2 Å². The van der Waals surface area contributed by atoms with Crippen molar-refractivity contribution in [3.05, 3.63) is 107 Å². The van der Waals surface area contributed by atoms with Crippen LogP contribution in [0, 0.1) is 5.92 Å². The molecule has 4 N–H and O–H groups in total. The summed E-state index contributed by atoms with van der Waals surface area (Å²) in [7, 11) is 1.99. The molecule has 1 heterocycles. The van der Waals surface area contributed by atoms with Crippen molar-refractivity contribution in [3.63, 3.8) is 0 Å². The Morgan fingerprint density at radius 3 is 2.22 bits per heavy atom. The predicted molar refractivity (Wildman–Crippen MR) is 170 cm³/mol. The molecule has 3 aromatic carbocycles. The molecule has 45 heavy (non-hydrogen) atoms. The second kappa shape index (κ2) is 16.5. The first-order valence-electron chi connectivity index (χ1n) is 15.4. The zero-order chi connectivity index (χ0) is 32.3. The van der Waals surface area contributed by atoms with E-state index < -0.39 is 24.4 Å². The van der Waals surface area contributed by atoms with Crippen molar-refractivity contribution in [3.8, 4) is 0 Å². The summed E-state index contributed by atoms with van der Waals surface area (Å²) in [4.78, 5) is 25.7. The molecular weight excluding hydrogens is 574 g/mol. The van der Waals surface area contributed by atoms with Gasteiger partial charge in [0.1, 0.15) is 6.54 Å². The van der Waals surface area contributed by atoms with Gasteiger partial charge < -0.3 is 35.1 Å². The molecule has 6 atom stereocenters. The molecule has 4 rings (SSSR count). The van der Waals surface area contributed by atoms with Gasteiger partial charge in [-0.2, -0.15) is 0 Å². The minimum Gasteiger partial charge on any atom is -0.465 e. The van der Waals surface area contributed by atoms with Crippen molar-refractivity contribution < 1.29 is 34.0 Å². The van der Waals surface area contributed by atoms with Crippen LogP contribution in [0.15, 0.2) is 78.9 Å². The number of ether oxygens (including phenoxy) is 3. The summed E-state index contributed by atoms with van der Waals surface area (Å²) in [6.45, 7) is 6.69. The molecular formula is C35H45N3O7. The molecule has 3 aromatic rings. The number of nitrogens with zero attached hydrogens (tertiary/aromatic N) is 1. The SMILES string of the molecule is CCOC(=O)CNC(=O)NCc1ccc(C2OC(CN(C)C(C)C(O)c3ccccc3)C(C)C(c3ccc(CO)cc3)O2)cc1. The number of carbonyl (C=O) groups is 2. The van der Waals surface area contributed by atoms with Crippen molar-refractivity contribution in [1.29, 1.82) is 0 Å². The first-order chi connectivity index (χ1) is 21.7. The van der Waals surface area contributed by atoms with Gasteiger partial charge in [0.2, 0.25) is 0 Å². The van der Waals surface area contributed by atoms with E-state index in [-0.39, 0.29) is 50.5 Å². The molecule has 10 heteroatoms. The number of carbonyl (C=O) groups excluding carboxylic acids is 2. The number of nitrogens with one attached hydrogen (secondary N) is 2. The minimum absolute atomic E-state index is 0.0126. The Bertz CT molecular complexity index is 1350. The number of likely N-dealkylation sites (N-methyl/N-ethyl adjacent to an activating group) is 1. The molecule has 0 aliphatic carbocycles. The van der Waals surface area contributed by atoms with E-state index in [1.807, 2.05) is 92.8 Å². The Hall–Kier alpha value is -3.80. The van der Waals surface area contributed by atoms with Crippen LogP contribution in [0.1, 0.15) is 67.1 Å². The zero-order valence-electron chi connectivity index (χ0n) is 26.4. The highest BCUT2D eigenvalue weighted by Crippen LogP contribution is 2.42. The molecule has 0 saturated carbocycles. The molecule has 2 amide bonds. The van der Waals surface area contributed by atoms with E-state index in [0.717, 1.165) is 27.8 Å². The fraction of sp³-hybridized carbons (Fsp3) is 0.429. The molecule has 1 aliphatic heterocycles. The number of aliphatic hydroxyl groups excluding tert-OH is 2. The van der Waals surface area contributed by atoms with Gasteiger partial charge in [-0.05, 0) is 43.1 Å². The largest absolute Gasteiger partial charge is 0.465 e. The van der Waals surface area contributed by atoms with Crippen molar-refractivity contribution >= 4 is 12.0 Å². The molecule has 1 saturated heterocycles. The van der Waals surface area contributed by atoms with Gasteiger partial charge in [-0.1, -0.05) is 85.8 Å². The van der Waals surface area contributed by atoms with Crippen LogP contribution in [0.5, 0.6) is 0 Å². The fourth-order valence-electron chi connectivity index (χ4n) is 5.35. The summed E-state index contributed by atoms with van der Waals surface area (Å²) in [6.07, 6.45) is -1.79. The van der Waals surface area contributed by atoms with E-state index >= 15 is 0 Å². The van der Waals surface area contributed by atoms with Gasteiger partial charge in [-0.25, -0.2) is 4.79 Å². The molecule has 1 fully saturated rings. The van der Waals surface area contributed by atoms with Crippen molar-refractivity contribution in [2.45, 2.75) is 64.6 Å². The van der Waals surface area contributed by atoms with E-state index in [9.17, 15) is 19.8 Å². The topological polar surface area (TPSA) is 130 Å². The molecule has 0 spiro atoms. The summed E-state index contributed by atoms with van der Waals surface area (Å²) in [6, 6.07) is 24.4. The number of amides is 2. The molecule has 0 radical (unpaired) electrons. The lowest BCUT2D eigenvalue weighted by Crippen LogP contribution is -2.46. The Labute approximate surface area is 265 Å². The van der Waals surface area contributed by atoms with Gasteiger partial charge in [0.15, 0.2) is 6.29 Å². The summed E-state index contributed by atoms with van der Waals surface area (Å²) in [5.74, 6) is -0.505. The van der Waals surface area contributed by atoms with E-state index in [1.165, 1.54) is 0 Å². The maximum atomic E-state index is 12.1. The maximum Gasteiger partial charge on any atom is 0.325 e. The number of benzene rings is 3. The third-order valence-electron chi connectivity index (χ3n) is 8.29. The van der Waals surface area contributed by atoms with E-state index in [2.05, 4.69) is 22.5 Å². The van der Waals surface area contributed by atoms with Crippen molar-refractivity contribution in [1.82, 2.24) is 15.5 Å². The number of rotatable bonds is 13. The fourth-order valence-corrected chi connectivity index (χ4v) is 5.35. The monoisotopic (exact) mass is 619 g/mol. The average molecular weight is 620 g/mol. The Morgan fingerprint density at radius 1 is 0.933 bits per heavy atom. The average Bonchev–Trinajstić information content (AvgIpc) is 3.07. The van der Waals surface area contributed by atoms with E-state index in [1.54, 1.807) is 6.92 Å². The summed E-state index contributed by atoms with van der Waals surface area (Å²) in [5, 5.41) is 25.8. The van der Waals surface area contributed by atoms with Gasteiger partial charge in [0, 0.05) is 30.6 Å². The lowest BCUT2D eigenvalue weighted by atomic mass is 9.89. The molecule has 0 aromatic heterocycles. The lowest BCUT2D eigenvalue weighted by molar-refractivity contribution is -0.276. The smallest absolute Gasteiger partial charge is 0.325 e. The van der Waals surface area contributed by atoms with Gasteiger partial charge in [0.25, 0.3) is 0 Å². The Morgan fingerprint density at radius 2 is 1.58 bits per heavy atom. The molecule has 6 unspecified atom stereocenters. The minimum atomic E-state index is -0.655. The number of hydrogen-bond acceptors (Lipinski definition) is 8. The zero-order valence-corrected chi connectivity index (χ0v) is 26.4. The van der Waals surface area contributed by atoms with Gasteiger partial charge >= 0.3 is 12.0 Å². The van der Waals surface area contributed by atoms with E-state index in [4.69, 9.17) is 14.2 Å². The van der Waals surface area contributed by atoms with Crippen LogP contribution in [0.3, 0.4) is 0 Å². The highest BCUT2D eigenvalue weighted by atomic mass is 16.7. The standard InChI is InChI=1S/C35H45N3O7/c1-5-43-31(40)20-37-35(42)36-19-25-11-17-29(18-12-25)34-44-30(21-38(4)24(3)32(41)27-9-7-6-8-10-27)23(2)33(45-34)28-15-13-26(22-39)14-16-28/h6-18,23-24,30,32-34,39,41H,5,19-22H2,1-4H3,(H2,36,37,42). The normalized spacial score (nSPS) is 21.1. The molecule has 0 bridgehead atoms. The van der Waals surface area contributed by atoms with Crippen LogP contribution < -0.4 is 10.6 Å². The number of aliphatic hydroxyl groups is 2. The van der Waals surface area contributed by atoms with Crippen molar-refractivity contribution in [2.75, 3.05) is 26.7 Å². The molecule has 1 aliphatic rings. The van der Waals surface area contributed by atoms with Gasteiger partial charge in [0.05, 0.1) is 31.5 Å². The van der Waals surface area contributed by atoms with Crippen molar-refractivity contribution in [2.24, 2.45) is 5.92 Å². The van der Waals surface area contributed by atoms with Crippen LogP contribution >= 0.6 is 0 Å². The molecule has 10 nitrogen and oxygen atoms in total. The number of esters is 1. The first-order valence-corrected chi connectivity index (χ1v) is 15.4. The highest BCUT2D eigenvalue weighted by molar-refractivity contribution is 5.80. The van der Waals surface area contributed by atoms with Crippen LogP contribution in [-0.4, -0.2) is 66.0 Å². The Kier molecular flexibility index (Phi) is 12.5. The summed E-state index contributed by atoms with van der Waals surface area (Å²) < 4.78 is 18.0. The first kappa shape index (κ1) is 34.1. The van der Waals surface area contributed by atoms with Gasteiger partial charge in [-0.15, -0.1) is 0 Å². The summed E-state index contributed by atoms with van der Waals surface area (Å²) in [5.41, 5.74) is 4.38. The third kappa shape index (κ3) is 9.35. The Balaban J connectivity index is 1.46. The predicted octanol–water partition coefficient (Wildman–Crippen LogP) is 4.39. The number of urea groups is 1. The third-order valence-corrected chi connectivity index (χ3v) is 8.29. The second-order valence-corrected chi connectivity index (χ2v) is 11.4. The van der Waals surface area contributed by atoms with Crippen LogP contribution in [0.2, 0.25) is 0 Å². The highest BCUT2D eigenvalue weighted by Gasteiger charge is 2.39. The number of hydrogen-bond donors (Lipinski definition) is 4. The van der Waals surface area contributed by atoms with Crippen LogP contribution in [0.25, 0.3) is 0 Å². The lowest BCUT2D eigenvalue weighted by Gasteiger charge is -2.43.